The highest BCUT2D eigenvalue weighted by molar-refractivity contribution is 9.10. The van der Waals surface area contributed by atoms with Gasteiger partial charge < -0.3 is 10.0 Å². The minimum Gasteiger partial charge on any atom is -0.481 e. The molecule has 2 rings (SSSR count). The standard InChI is InChI=1S/C13H14BrNO3/c1-7-4-11(8(2)3-10(7)14)15-6-9(13(17)18)5-12(15)16/h3-4,9H,5-6H2,1-2H3,(H,17,18). The number of aryl methyl sites for hydroxylation is 2. The van der Waals surface area contributed by atoms with E-state index in [4.69, 9.17) is 5.11 Å². The maximum atomic E-state index is 11.9. The number of carboxylic acid groups (broad SMARTS) is 1. The maximum Gasteiger partial charge on any atom is 0.308 e. The summed E-state index contributed by atoms with van der Waals surface area (Å²) in [6.45, 7) is 4.12. The highest BCUT2D eigenvalue weighted by atomic mass is 79.9. The number of halogens is 1. The Morgan fingerprint density at radius 3 is 2.61 bits per heavy atom. The van der Waals surface area contributed by atoms with E-state index >= 15 is 0 Å². The Kier molecular flexibility index (Phi) is 3.43. The molecule has 18 heavy (non-hydrogen) atoms. The number of carbonyl (C=O) groups excluding carboxylic acids is 1. The second-order valence-corrected chi connectivity index (χ2v) is 5.49. The van der Waals surface area contributed by atoms with Crippen molar-refractivity contribution >= 4 is 33.5 Å². The fourth-order valence-corrected chi connectivity index (χ4v) is 2.62. The average Bonchev–Trinajstić information content (AvgIpc) is 2.66. The van der Waals surface area contributed by atoms with Crippen LogP contribution in [0, 0.1) is 19.8 Å². The molecule has 1 aliphatic rings. The minimum absolute atomic E-state index is 0.0872. The van der Waals surface area contributed by atoms with E-state index in [9.17, 15) is 9.59 Å². The first-order valence-electron chi connectivity index (χ1n) is 5.70. The summed E-state index contributed by atoms with van der Waals surface area (Å²) >= 11 is 3.44. The van der Waals surface area contributed by atoms with Crippen LogP contribution in [0.3, 0.4) is 0 Å². The predicted molar refractivity (Wildman–Crippen MR) is 71.7 cm³/mol. The SMILES string of the molecule is Cc1cc(N2CC(C(=O)O)CC2=O)c(C)cc1Br. The van der Waals surface area contributed by atoms with E-state index in [2.05, 4.69) is 15.9 Å². The highest BCUT2D eigenvalue weighted by Gasteiger charge is 2.35. The van der Waals surface area contributed by atoms with Crippen LogP contribution in [0.2, 0.25) is 0 Å². The lowest BCUT2D eigenvalue weighted by Crippen LogP contribution is -2.26. The molecule has 1 fully saturated rings. The van der Waals surface area contributed by atoms with Crippen molar-refractivity contribution in [3.8, 4) is 0 Å². The van der Waals surface area contributed by atoms with Gasteiger partial charge in [-0.2, -0.15) is 0 Å². The molecule has 1 aliphatic heterocycles. The van der Waals surface area contributed by atoms with Gasteiger partial charge in [-0.1, -0.05) is 15.9 Å². The number of aliphatic carboxylic acids is 1. The van der Waals surface area contributed by atoms with Gasteiger partial charge in [0, 0.05) is 23.1 Å². The molecule has 1 saturated heterocycles. The summed E-state index contributed by atoms with van der Waals surface area (Å²) in [7, 11) is 0. The Morgan fingerprint density at radius 1 is 1.39 bits per heavy atom. The second-order valence-electron chi connectivity index (χ2n) is 4.63. The molecule has 96 valence electrons. The van der Waals surface area contributed by atoms with Crippen molar-refractivity contribution in [3.05, 3.63) is 27.7 Å². The van der Waals surface area contributed by atoms with Crippen molar-refractivity contribution in [2.45, 2.75) is 20.3 Å². The van der Waals surface area contributed by atoms with Crippen molar-refractivity contribution in [2.75, 3.05) is 11.4 Å². The van der Waals surface area contributed by atoms with Crippen LogP contribution >= 0.6 is 15.9 Å². The zero-order chi connectivity index (χ0) is 13.4. The smallest absolute Gasteiger partial charge is 0.308 e. The van der Waals surface area contributed by atoms with E-state index in [1.54, 1.807) is 4.90 Å². The quantitative estimate of drug-likeness (QED) is 0.913. The number of anilines is 1. The van der Waals surface area contributed by atoms with Crippen molar-refractivity contribution in [1.82, 2.24) is 0 Å². The normalized spacial score (nSPS) is 19.4. The van der Waals surface area contributed by atoms with Gasteiger partial charge in [-0.3, -0.25) is 9.59 Å². The van der Waals surface area contributed by atoms with Crippen molar-refractivity contribution < 1.29 is 14.7 Å². The van der Waals surface area contributed by atoms with E-state index < -0.39 is 11.9 Å². The molecule has 1 atom stereocenters. The summed E-state index contributed by atoms with van der Waals surface area (Å²) in [5.41, 5.74) is 2.80. The lowest BCUT2D eigenvalue weighted by Gasteiger charge is -2.20. The molecule has 5 heteroatoms. The zero-order valence-electron chi connectivity index (χ0n) is 10.2. The molecule has 4 nitrogen and oxygen atoms in total. The van der Waals surface area contributed by atoms with E-state index in [1.807, 2.05) is 26.0 Å². The van der Waals surface area contributed by atoms with E-state index in [0.717, 1.165) is 21.3 Å². The van der Waals surface area contributed by atoms with Crippen LogP contribution in [0.1, 0.15) is 17.5 Å². The summed E-state index contributed by atoms with van der Waals surface area (Å²) in [6.07, 6.45) is 0.0872. The Labute approximate surface area is 114 Å². The molecule has 1 unspecified atom stereocenters. The van der Waals surface area contributed by atoms with Gasteiger partial charge in [0.05, 0.1) is 5.92 Å². The number of benzene rings is 1. The number of nitrogens with zero attached hydrogens (tertiary/aromatic N) is 1. The molecule has 0 radical (unpaired) electrons. The Balaban J connectivity index is 2.35. The second kappa shape index (κ2) is 4.72. The molecule has 0 aromatic heterocycles. The third-order valence-electron chi connectivity index (χ3n) is 3.24. The molecule has 1 amide bonds. The molecule has 1 heterocycles. The number of hydrogen-bond acceptors (Lipinski definition) is 2. The predicted octanol–water partition coefficient (Wildman–Crippen LogP) is 2.50. The maximum absolute atomic E-state index is 11.9. The zero-order valence-corrected chi connectivity index (χ0v) is 11.8. The van der Waals surface area contributed by atoms with Crippen LogP contribution < -0.4 is 4.90 Å². The summed E-state index contributed by atoms with van der Waals surface area (Å²) in [5.74, 6) is -1.62. The summed E-state index contributed by atoms with van der Waals surface area (Å²) in [4.78, 5) is 24.4. The Morgan fingerprint density at radius 2 is 2.06 bits per heavy atom. The fraction of sp³-hybridized carbons (Fsp3) is 0.385. The summed E-state index contributed by atoms with van der Waals surface area (Å²) in [5, 5.41) is 8.98. The number of carboxylic acids is 1. The van der Waals surface area contributed by atoms with E-state index in [1.165, 1.54) is 0 Å². The van der Waals surface area contributed by atoms with E-state index in [-0.39, 0.29) is 18.9 Å². The van der Waals surface area contributed by atoms with Crippen LogP contribution in [0.25, 0.3) is 0 Å². The van der Waals surface area contributed by atoms with Crippen LogP contribution in [-0.2, 0) is 9.59 Å². The lowest BCUT2D eigenvalue weighted by molar-refractivity contribution is -0.141. The van der Waals surface area contributed by atoms with Crippen LogP contribution in [0.5, 0.6) is 0 Å². The lowest BCUT2D eigenvalue weighted by atomic mass is 10.1. The van der Waals surface area contributed by atoms with Gasteiger partial charge in [0.25, 0.3) is 0 Å². The van der Waals surface area contributed by atoms with Crippen LogP contribution in [-0.4, -0.2) is 23.5 Å². The number of amides is 1. The van der Waals surface area contributed by atoms with Crippen LogP contribution in [0.15, 0.2) is 16.6 Å². The van der Waals surface area contributed by atoms with Gasteiger partial charge in [-0.25, -0.2) is 0 Å². The van der Waals surface area contributed by atoms with Gasteiger partial charge >= 0.3 is 5.97 Å². The molecule has 0 spiro atoms. The molecule has 0 aliphatic carbocycles. The van der Waals surface area contributed by atoms with Crippen molar-refractivity contribution in [3.63, 3.8) is 0 Å². The Hall–Kier alpha value is -1.36. The largest absolute Gasteiger partial charge is 0.481 e. The number of hydrogen-bond donors (Lipinski definition) is 1. The summed E-state index contributed by atoms with van der Waals surface area (Å²) in [6, 6.07) is 3.87. The van der Waals surface area contributed by atoms with Gasteiger partial charge in [0.2, 0.25) is 5.91 Å². The third kappa shape index (κ3) is 2.27. The third-order valence-corrected chi connectivity index (χ3v) is 4.10. The first kappa shape index (κ1) is 13.1. The van der Waals surface area contributed by atoms with Crippen molar-refractivity contribution in [2.24, 2.45) is 5.92 Å². The summed E-state index contributed by atoms with van der Waals surface area (Å²) < 4.78 is 0.991. The van der Waals surface area contributed by atoms with Gasteiger partial charge in [0.1, 0.15) is 0 Å². The van der Waals surface area contributed by atoms with Crippen LogP contribution in [0.4, 0.5) is 5.69 Å². The fourth-order valence-electron chi connectivity index (χ4n) is 2.16. The van der Waals surface area contributed by atoms with Gasteiger partial charge in [0.15, 0.2) is 0 Å². The molecule has 0 bridgehead atoms. The number of rotatable bonds is 2. The molecular formula is C13H14BrNO3. The molecule has 1 N–H and O–H groups in total. The monoisotopic (exact) mass is 311 g/mol. The first-order chi connectivity index (χ1) is 8.40. The molecule has 1 aromatic rings. The van der Waals surface area contributed by atoms with Crippen molar-refractivity contribution in [1.29, 1.82) is 0 Å². The molecule has 0 saturated carbocycles. The average molecular weight is 312 g/mol. The van der Waals surface area contributed by atoms with Gasteiger partial charge in [-0.15, -0.1) is 0 Å². The topological polar surface area (TPSA) is 57.6 Å². The number of carbonyl (C=O) groups is 2. The van der Waals surface area contributed by atoms with E-state index in [0.29, 0.717) is 0 Å². The van der Waals surface area contributed by atoms with Gasteiger partial charge in [-0.05, 0) is 37.1 Å². The molecule has 1 aromatic carbocycles. The minimum atomic E-state index is -0.905. The Bertz CT molecular complexity index is 527. The highest BCUT2D eigenvalue weighted by Crippen LogP contribution is 2.31. The molecular weight excluding hydrogens is 298 g/mol. The first-order valence-corrected chi connectivity index (χ1v) is 6.49.